The maximum absolute atomic E-state index is 12.9. The zero-order valence-corrected chi connectivity index (χ0v) is 53.0. The maximum Gasteiger partial charge on any atom is 0.306 e. The predicted molar refractivity (Wildman–Crippen MR) is 340 cm³/mol. The Morgan fingerprint density at radius 1 is 0.244 bits per heavy atom. The summed E-state index contributed by atoms with van der Waals surface area (Å²) < 4.78 is 17.0. The number of ether oxygens (including phenoxy) is 3. The van der Waals surface area contributed by atoms with Gasteiger partial charge in [-0.05, 0) is 70.6 Å². The van der Waals surface area contributed by atoms with E-state index in [1.54, 1.807) is 0 Å². The number of allylic oxidation sites excluding steroid dienone is 4. The number of hydrogen-bond donors (Lipinski definition) is 0. The zero-order chi connectivity index (χ0) is 56.4. The van der Waals surface area contributed by atoms with E-state index in [4.69, 9.17) is 14.2 Å². The molecule has 0 aromatic heterocycles. The highest BCUT2D eigenvalue weighted by atomic mass is 16.6. The summed E-state index contributed by atoms with van der Waals surface area (Å²) in [7, 11) is 0. The topological polar surface area (TPSA) is 78.9 Å². The molecule has 0 aliphatic rings. The van der Waals surface area contributed by atoms with Crippen molar-refractivity contribution in [1.29, 1.82) is 0 Å². The summed E-state index contributed by atoms with van der Waals surface area (Å²) in [5, 5.41) is 0. The van der Waals surface area contributed by atoms with Crippen LogP contribution in [-0.2, 0) is 28.6 Å². The number of unbranched alkanes of at least 4 members (excludes halogenated alkanes) is 51. The van der Waals surface area contributed by atoms with Gasteiger partial charge in [-0.1, -0.05) is 334 Å². The second kappa shape index (κ2) is 67.4. The van der Waals surface area contributed by atoms with Gasteiger partial charge in [0.25, 0.3) is 0 Å². The van der Waals surface area contributed by atoms with Gasteiger partial charge in [-0.3, -0.25) is 14.4 Å². The van der Waals surface area contributed by atoms with Gasteiger partial charge in [0.2, 0.25) is 0 Å². The summed E-state index contributed by atoms with van der Waals surface area (Å²) in [6, 6.07) is 0. The Kier molecular flexibility index (Phi) is 65.6. The fraction of sp³-hybridized carbons (Fsp3) is 0.903. The van der Waals surface area contributed by atoms with Crippen molar-refractivity contribution in [2.75, 3.05) is 13.2 Å². The lowest BCUT2D eigenvalue weighted by Gasteiger charge is -2.18. The molecular weight excluding hydrogens is 961 g/mol. The van der Waals surface area contributed by atoms with Crippen molar-refractivity contribution in [2.24, 2.45) is 0 Å². The van der Waals surface area contributed by atoms with E-state index in [9.17, 15) is 14.4 Å². The summed E-state index contributed by atoms with van der Waals surface area (Å²) in [6.45, 7) is 6.71. The molecule has 1 atom stereocenters. The van der Waals surface area contributed by atoms with Crippen LogP contribution in [0.25, 0.3) is 0 Å². The van der Waals surface area contributed by atoms with Crippen LogP contribution < -0.4 is 0 Å². The maximum atomic E-state index is 12.9. The monoisotopic (exact) mass is 1100 g/mol. The minimum Gasteiger partial charge on any atom is -0.462 e. The third kappa shape index (κ3) is 64.7. The highest BCUT2D eigenvalue weighted by molar-refractivity contribution is 5.71. The molecule has 0 aromatic carbocycles. The molecule has 460 valence electrons. The van der Waals surface area contributed by atoms with Gasteiger partial charge in [0, 0.05) is 19.3 Å². The Bertz CT molecular complexity index is 1260. The molecule has 0 aromatic rings. The first-order valence-corrected chi connectivity index (χ1v) is 35.3. The summed E-state index contributed by atoms with van der Waals surface area (Å²) in [5.41, 5.74) is 0. The predicted octanol–water partition coefficient (Wildman–Crippen LogP) is 24.2. The van der Waals surface area contributed by atoms with Crippen molar-refractivity contribution >= 4 is 17.9 Å². The average Bonchev–Trinajstić information content (AvgIpc) is 3.44. The number of esters is 3. The van der Waals surface area contributed by atoms with Crippen LogP contribution in [0.1, 0.15) is 400 Å². The third-order valence-electron chi connectivity index (χ3n) is 16.2. The molecule has 78 heavy (non-hydrogen) atoms. The lowest BCUT2D eigenvalue weighted by molar-refractivity contribution is -0.167. The molecule has 6 heteroatoms. The Labute approximate surface area is 487 Å². The second-order valence-corrected chi connectivity index (χ2v) is 24.1. The number of hydrogen-bond acceptors (Lipinski definition) is 6. The van der Waals surface area contributed by atoms with Gasteiger partial charge in [-0.25, -0.2) is 0 Å². The number of rotatable bonds is 66. The van der Waals surface area contributed by atoms with E-state index in [2.05, 4.69) is 45.1 Å². The van der Waals surface area contributed by atoms with Crippen molar-refractivity contribution in [3.63, 3.8) is 0 Å². The van der Waals surface area contributed by atoms with Crippen LogP contribution in [0.2, 0.25) is 0 Å². The molecule has 0 saturated heterocycles. The largest absolute Gasteiger partial charge is 0.462 e. The van der Waals surface area contributed by atoms with E-state index in [0.29, 0.717) is 19.3 Å². The molecule has 0 N–H and O–H groups in total. The molecule has 0 bridgehead atoms. The highest BCUT2D eigenvalue weighted by Gasteiger charge is 2.19. The van der Waals surface area contributed by atoms with Crippen molar-refractivity contribution in [3.05, 3.63) is 24.3 Å². The van der Waals surface area contributed by atoms with Gasteiger partial charge in [0.1, 0.15) is 13.2 Å². The summed E-state index contributed by atoms with van der Waals surface area (Å²) >= 11 is 0. The van der Waals surface area contributed by atoms with Crippen molar-refractivity contribution in [3.8, 4) is 0 Å². The van der Waals surface area contributed by atoms with Crippen LogP contribution in [0, 0.1) is 0 Å². The van der Waals surface area contributed by atoms with Crippen LogP contribution in [-0.4, -0.2) is 37.2 Å². The van der Waals surface area contributed by atoms with Crippen LogP contribution in [0.15, 0.2) is 24.3 Å². The van der Waals surface area contributed by atoms with Gasteiger partial charge < -0.3 is 14.2 Å². The molecule has 6 nitrogen and oxygen atoms in total. The fourth-order valence-corrected chi connectivity index (χ4v) is 10.8. The molecule has 0 heterocycles. The van der Waals surface area contributed by atoms with Crippen molar-refractivity contribution in [1.82, 2.24) is 0 Å². The van der Waals surface area contributed by atoms with E-state index in [1.165, 1.54) is 302 Å². The first kappa shape index (κ1) is 75.9. The quantitative estimate of drug-likeness (QED) is 0.0261. The van der Waals surface area contributed by atoms with E-state index in [0.717, 1.165) is 57.8 Å². The Morgan fingerprint density at radius 2 is 0.423 bits per heavy atom. The minimum atomic E-state index is -0.769. The van der Waals surface area contributed by atoms with Gasteiger partial charge in [-0.2, -0.15) is 0 Å². The number of carbonyl (C=O) groups excluding carboxylic acids is 3. The minimum absolute atomic E-state index is 0.0656. The molecule has 0 amide bonds. The second-order valence-electron chi connectivity index (χ2n) is 24.1. The van der Waals surface area contributed by atoms with E-state index in [1.807, 2.05) is 0 Å². The van der Waals surface area contributed by atoms with Crippen molar-refractivity contribution < 1.29 is 28.6 Å². The van der Waals surface area contributed by atoms with E-state index in [-0.39, 0.29) is 31.1 Å². The normalized spacial score (nSPS) is 12.1. The van der Waals surface area contributed by atoms with E-state index >= 15 is 0 Å². The first-order chi connectivity index (χ1) is 38.5. The summed E-state index contributed by atoms with van der Waals surface area (Å²) in [5.74, 6) is -0.836. The van der Waals surface area contributed by atoms with Crippen LogP contribution in [0.3, 0.4) is 0 Å². The third-order valence-corrected chi connectivity index (χ3v) is 16.2. The molecule has 0 aliphatic carbocycles. The van der Waals surface area contributed by atoms with Crippen LogP contribution >= 0.6 is 0 Å². The lowest BCUT2D eigenvalue weighted by Crippen LogP contribution is -2.30. The molecule has 0 saturated carbocycles. The molecular formula is C72H136O6. The standard InChI is InChI=1S/C72H136O6/c1-4-7-10-13-16-19-22-25-27-29-31-33-35-36-38-39-41-43-45-47-50-53-56-59-62-65-71(74)77-68-69(67-76-70(73)64-61-58-55-52-49-24-21-18-15-12-9-6-3)78-72(75)66-63-60-57-54-51-48-46-44-42-40-37-34-32-30-28-26-23-20-17-14-11-8-5-2/h29-32,69H,4-28,33-68H2,1-3H3/b31-29-,32-30-. The Hall–Kier alpha value is -2.11. The van der Waals surface area contributed by atoms with Crippen LogP contribution in [0.4, 0.5) is 0 Å². The SMILES string of the molecule is CCCCCCCCCC/C=C\CCCCCCCCCCCCCCCC(=O)OCC(COC(=O)CCCCCCCCCCCCCC)OC(=O)CCCCCCCCCCCCC/C=C\CCCCCCCCCC. The van der Waals surface area contributed by atoms with E-state index < -0.39 is 6.10 Å². The van der Waals surface area contributed by atoms with Crippen LogP contribution in [0.5, 0.6) is 0 Å². The van der Waals surface area contributed by atoms with Gasteiger partial charge in [-0.15, -0.1) is 0 Å². The van der Waals surface area contributed by atoms with Crippen molar-refractivity contribution in [2.45, 2.75) is 406 Å². The zero-order valence-electron chi connectivity index (χ0n) is 53.0. The van der Waals surface area contributed by atoms with Gasteiger partial charge in [0.05, 0.1) is 0 Å². The lowest BCUT2D eigenvalue weighted by atomic mass is 10.0. The smallest absolute Gasteiger partial charge is 0.306 e. The van der Waals surface area contributed by atoms with Gasteiger partial charge in [0.15, 0.2) is 6.10 Å². The molecule has 0 fully saturated rings. The Balaban J connectivity index is 4.20. The molecule has 0 spiro atoms. The fourth-order valence-electron chi connectivity index (χ4n) is 10.8. The number of carbonyl (C=O) groups is 3. The molecule has 0 radical (unpaired) electrons. The highest BCUT2D eigenvalue weighted by Crippen LogP contribution is 2.18. The Morgan fingerprint density at radius 3 is 0.641 bits per heavy atom. The summed E-state index contributed by atoms with van der Waals surface area (Å²) in [6.07, 6.45) is 82.1. The summed E-state index contributed by atoms with van der Waals surface area (Å²) in [4.78, 5) is 38.4. The van der Waals surface area contributed by atoms with Gasteiger partial charge >= 0.3 is 17.9 Å². The first-order valence-electron chi connectivity index (χ1n) is 35.3. The molecule has 0 aliphatic heterocycles. The average molecular weight is 1100 g/mol. The molecule has 1 unspecified atom stereocenters. The molecule has 0 rings (SSSR count).